The van der Waals surface area contributed by atoms with Crippen LogP contribution in [0.25, 0.3) is 0 Å². The Balaban J connectivity index is 3.95. The Morgan fingerprint density at radius 1 is 1.33 bits per heavy atom. The van der Waals surface area contributed by atoms with Crippen LogP contribution in [-0.4, -0.2) is 18.5 Å². The second kappa shape index (κ2) is 2.85. The van der Waals surface area contributed by atoms with Gasteiger partial charge in [0.2, 0.25) is 0 Å². The van der Waals surface area contributed by atoms with E-state index in [1.165, 1.54) is 0 Å². The van der Waals surface area contributed by atoms with E-state index in [2.05, 4.69) is 4.99 Å². The van der Waals surface area contributed by atoms with Crippen molar-refractivity contribution < 1.29 is 4.74 Å². The van der Waals surface area contributed by atoms with Gasteiger partial charge >= 0.3 is 0 Å². The highest BCUT2D eigenvalue weighted by molar-refractivity contribution is 5.73. The summed E-state index contributed by atoms with van der Waals surface area (Å²) in [6.45, 7) is 7.96. The molecule has 9 heavy (non-hydrogen) atoms. The molecule has 0 radical (unpaired) electrons. The SMILES string of the molecule is COC(C)=NC(C)(C)C. The van der Waals surface area contributed by atoms with Crippen LogP contribution in [0.1, 0.15) is 27.7 Å². The van der Waals surface area contributed by atoms with Crippen molar-refractivity contribution >= 4 is 5.90 Å². The minimum Gasteiger partial charge on any atom is -0.484 e. The average molecular weight is 129 g/mol. The first-order valence-electron chi connectivity index (χ1n) is 3.06. The quantitative estimate of drug-likeness (QED) is 0.361. The van der Waals surface area contributed by atoms with Crippen molar-refractivity contribution in [1.29, 1.82) is 0 Å². The van der Waals surface area contributed by atoms with Gasteiger partial charge in [-0.3, -0.25) is 4.99 Å². The second-order valence-corrected chi connectivity index (χ2v) is 3.01. The van der Waals surface area contributed by atoms with E-state index in [-0.39, 0.29) is 5.54 Å². The topological polar surface area (TPSA) is 21.6 Å². The molecule has 0 saturated heterocycles. The highest BCUT2D eigenvalue weighted by Crippen LogP contribution is 2.06. The summed E-state index contributed by atoms with van der Waals surface area (Å²) in [5, 5.41) is 0. The van der Waals surface area contributed by atoms with Gasteiger partial charge in [0.05, 0.1) is 12.6 Å². The minimum absolute atomic E-state index is 0.0138. The van der Waals surface area contributed by atoms with E-state index in [1.807, 2.05) is 27.7 Å². The molecule has 0 unspecified atom stereocenters. The molecule has 0 aromatic heterocycles. The van der Waals surface area contributed by atoms with Crippen LogP contribution in [0.15, 0.2) is 4.99 Å². The zero-order chi connectivity index (χ0) is 7.49. The molecular formula is C7H15NO. The Bertz CT molecular complexity index is 111. The molecule has 0 atom stereocenters. The molecular weight excluding hydrogens is 114 g/mol. The van der Waals surface area contributed by atoms with Crippen molar-refractivity contribution in [1.82, 2.24) is 0 Å². The zero-order valence-electron chi connectivity index (χ0n) is 6.86. The molecule has 0 aliphatic rings. The standard InChI is InChI=1S/C7H15NO/c1-6(9-5)8-7(2,3)4/h1-5H3. The van der Waals surface area contributed by atoms with Gasteiger partial charge in [0, 0.05) is 6.92 Å². The summed E-state index contributed by atoms with van der Waals surface area (Å²) in [7, 11) is 1.63. The Hall–Kier alpha value is -0.530. The number of ether oxygens (including phenoxy) is 1. The van der Waals surface area contributed by atoms with Gasteiger partial charge < -0.3 is 4.74 Å². The maximum Gasteiger partial charge on any atom is 0.180 e. The van der Waals surface area contributed by atoms with E-state index in [9.17, 15) is 0 Å². The molecule has 0 fully saturated rings. The van der Waals surface area contributed by atoms with E-state index < -0.39 is 0 Å². The summed E-state index contributed by atoms with van der Waals surface area (Å²) < 4.78 is 4.88. The number of aliphatic imine (C=N–C) groups is 1. The fourth-order valence-corrected chi connectivity index (χ4v) is 0.518. The van der Waals surface area contributed by atoms with Crippen molar-refractivity contribution in [2.45, 2.75) is 33.2 Å². The number of hydrogen-bond acceptors (Lipinski definition) is 2. The highest BCUT2D eigenvalue weighted by atomic mass is 16.5. The van der Waals surface area contributed by atoms with Crippen LogP contribution in [0.2, 0.25) is 0 Å². The van der Waals surface area contributed by atoms with Gasteiger partial charge in [-0.2, -0.15) is 0 Å². The molecule has 54 valence electrons. The first-order valence-corrected chi connectivity index (χ1v) is 3.06. The maximum atomic E-state index is 4.88. The zero-order valence-corrected chi connectivity index (χ0v) is 6.86. The van der Waals surface area contributed by atoms with Crippen molar-refractivity contribution in [2.24, 2.45) is 4.99 Å². The number of hydrogen-bond donors (Lipinski definition) is 0. The minimum atomic E-state index is -0.0138. The number of methoxy groups -OCH3 is 1. The van der Waals surface area contributed by atoms with Crippen LogP contribution < -0.4 is 0 Å². The van der Waals surface area contributed by atoms with Crippen LogP contribution in [0.4, 0.5) is 0 Å². The fourth-order valence-electron chi connectivity index (χ4n) is 0.518. The second-order valence-electron chi connectivity index (χ2n) is 3.01. The molecule has 0 aliphatic carbocycles. The molecule has 0 aromatic carbocycles. The molecule has 0 aliphatic heterocycles. The summed E-state index contributed by atoms with van der Waals surface area (Å²) in [5.74, 6) is 0.738. The number of rotatable bonds is 0. The predicted octanol–water partition coefficient (Wildman–Crippen LogP) is 1.85. The van der Waals surface area contributed by atoms with Gasteiger partial charge in [0.25, 0.3) is 0 Å². The van der Waals surface area contributed by atoms with Crippen molar-refractivity contribution in [3.05, 3.63) is 0 Å². The number of nitrogens with zero attached hydrogens (tertiary/aromatic N) is 1. The van der Waals surface area contributed by atoms with E-state index in [0.717, 1.165) is 5.90 Å². The Labute approximate surface area is 56.9 Å². The van der Waals surface area contributed by atoms with Crippen molar-refractivity contribution in [2.75, 3.05) is 7.11 Å². The van der Waals surface area contributed by atoms with Crippen molar-refractivity contribution in [3.63, 3.8) is 0 Å². The third kappa shape index (κ3) is 5.34. The monoisotopic (exact) mass is 129 g/mol. The first-order chi connectivity index (χ1) is 3.95. The van der Waals surface area contributed by atoms with Gasteiger partial charge in [-0.15, -0.1) is 0 Å². The molecule has 0 bridgehead atoms. The Morgan fingerprint density at radius 3 is 1.89 bits per heavy atom. The predicted molar refractivity (Wildman–Crippen MR) is 39.9 cm³/mol. The molecule has 0 saturated carbocycles. The molecule has 2 nitrogen and oxygen atoms in total. The molecule has 2 heteroatoms. The largest absolute Gasteiger partial charge is 0.484 e. The molecule has 0 amide bonds. The third-order valence-corrected chi connectivity index (χ3v) is 0.788. The maximum absolute atomic E-state index is 4.88. The van der Waals surface area contributed by atoms with Crippen LogP contribution in [0.5, 0.6) is 0 Å². The normalized spacial score (nSPS) is 13.7. The van der Waals surface area contributed by atoms with Crippen molar-refractivity contribution in [3.8, 4) is 0 Å². The smallest absolute Gasteiger partial charge is 0.180 e. The lowest BCUT2D eigenvalue weighted by atomic mass is 10.1. The van der Waals surface area contributed by atoms with Crippen LogP contribution in [0, 0.1) is 0 Å². The third-order valence-electron chi connectivity index (χ3n) is 0.788. The van der Waals surface area contributed by atoms with Gasteiger partial charge in [0.1, 0.15) is 0 Å². The highest BCUT2D eigenvalue weighted by Gasteiger charge is 2.06. The van der Waals surface area contributed by atoms with Gasteiger partial charge in [-0.1, -0.05) is 0 Å². The summed E-state index contributed by atoms with van der Waals surface area (Å²) in [6.07, 6.45) is 0. The Morgan fingerprint density at radius 2 is 1.78 bits per heavy atom. The van der Waals surface area contributed by atoms with E-state index in [0.29, 0.717) is 0 Å². The fraction of sp³-hybridized carbons (Fsp3) is 0.857. The molecule has 0 aromatic rings. The van der Waals surface area contributed by atoms with E-state index in [4.69, 9.17) is 4.74 Å². The molecule has 0 heterocycles. The Kier molecular flexibility index (Phi) is 2.68. The summed E-state index contributed by atoms with van der Waals surface area (Å²) in [5.41, 5.74) is -0.0138. The lowest BCUT2D eigenvalue weighted by molar-refractivity contribution is 0.387. The lowest BCUT2D eigenvalue weighted by Crippen LogP contribution is -2.13. The average Bonchev–Trinajstić information content (AvgIpc) is 1.62. The van der Waals surface area contributed by atoms with Gasteiger partial charge in [-0.25, -0.2) is 0 Å². The first kappa shape index (κ1) is 8.47. The summed E-state index contributed by atoms with van der Waals surface area (Å²) in [6, 6.07) is 0. The molecule has 0 N–H and O–H groups in total. The summed E-state index contributed by atoms with van der Waals surface area (Å²) >= 11 is 0. The van der Waals surface area contributed by atoms with Gasteiger partial charge in [-0.05, 0) is 20.8 Å². The van der Waals surface area contributed by atoms with Crippen LogP contribution in [-0.2, 0) is 4.74 Å². The lowest BCUT2D eigenvalue weighted by Gasteiger charge is -2.12. The summed E-state index contributed by atoms with van der Waals surface area (Å²) in [4.78, 5) is 4.22. The van der Waals surface area contributed by atoms with E-state index in [1.54, 1.807) is 7.11 Å². The molecule has 0 spiro atoms. The van der Waals surface area contributed by atoms with Gasteiger partial charge in [0.15, 0.2) is 5.90 Å². The van der Waals surface area contributed by atoms with Crippen LogP contribution in [0.3, 0.4) is 0 Å². The molecule has 0 rings (SSSR count). The van der Waals surface area contributed by atoms with E-state index >= 15 is 0 Å². The van der Waals surface area contributed by atoms with Crippen LogP contribution >= 0.6 is 0 Å².